The summed E-state index contributed by atoms with van der Waals surface area (Å²) in [6.07, 6.45) is -1.61. The van der Waals surface area contributed by atoms with Gasteiger partial charge in [-0.15, -0.1) is 34.0 Å². The molecule has 9 atom stereocenters. The third kappa shape index (κ3) is 19.5. The molecule has 27 heteroatoms. The molecule has 9 aromatic rings. The number of nitrogens with one attached hydrogen (secondary N) is 3. The summed E-state index contributed by atoms with van der Waals surface area (Å²) < 4.78 is 16.2. The molecule has 6 aromatic heterocycles. The first kappa shape index (κ1) is 81.0. The van der Waals surface area contributed by atoms with E-state index >= 15 is 0 Å². The van der Waals surface area contributed by atoms with Crippen molar-refractivity contribution in [3.63, 3.8) is 0 Å². The fraction of sp³-hybridized carbons (Fsp3) is 0.468. The maximum absolute atomic E-state index is 13.5. The normalized spacial score (nSPS) is 18.5. The first-order valence-corrected chi connectivity index (χ1v) is 38.8. The average molecular weight is 1510 g/mol. The standard InChI is InChI=1S/2C26H32N4O4S.C25H30N4O4S.C2H6/c1-14(2)23(22-9-16(4)29-34-22)26(33)30-12-20(31)10-21(30)25(32)27-11-19-7-6-18(8-15(19)3)24-17(5)28-13-35-24;1-14(2)23(22-9-16(4)29-34-22)26(33)30-12-19(31)10-21(30)25(32)27-11-18-6-7-20(15(3)8-18)24-17(5)28-13-35-24;1-14(2)22(21-9-15(3)28-33-21)25(32)29-12-19(30)10-20(29)24(31)26-11-17-5-7-18(8-6-17)23-16(4)27-13-34-23;1-2/h6-9,13-14,20-21,23,31H,10-12H2,1-5H3,(H,27,32);6-9,13-14,19,21,23,31H,10-12H2,1-5H3,(H,27,32);5-9,13-14,19-20,22,30H,10-12H2,1-4H3,(H,26,31);1-2H3/t20-,21+,23+;19-,21+,23+;19-,20+,22+;/m111./s1. The zero-order chi connectivity index (χ0) is 77.0. The van der Waals surface area contributed by atoms with E-state index in [-0.39, 0.29) is 92.1 Å². The molecule has 0 aliphatic carbocycles. The Hall–Kier alpha value is -9.12. The lowest BCUT2D eigenvalue weighted by atomic mass is 9.91. The highest BCUT2D eigenvalue weighted by Crippen LogP contribution is 2.37. The molecular weight excluding hydrogens is 1410 g/mol. The summed E-state index contributed by atoms with van der Waals surface area (Å²) in [5, 5.41) is 51.5. The van der Waals surface area contributed by atoms with E-state index in [1.165, 1.54) is 14.7 Å². The number of carbonyl (C=O) groups excluding carboxylic acids is 6. The van der Waals surface area contributed by atoms with E-state index in [1.807, 2.05) is 149 Å². The van der Waals surface area contributed by atoms with E-state index in [9.17, 15) is 44.1 Å². The third-order valence-electron chi connectivity index (χ3n) is 19.2. The zero-order valence-corrected chi connectivity index (χ0v) is 65.7. The molecule has 0 saturated carbocycles. The average Bonchev–Trinajstić information content (AvgIpc) is 1.67. The summed E-state index contributed by atoms with van der Waals surface area (Å²) in [7, 11) is 0. The zero-order valence-electron chi connectivity index (χ0n) is 63.3. The Labute approximate surface area is 631 Å². The van der Waals surface area contributed by atoms with Crippen LogP contribution in [0.2, 0.25) is 0 Å². The first-order chi connectivity index (χ1) is 50.5. The number of aromatic nitrogens is 6. The number of thiazole rings is 3. The Balaban J connectivity index is 0.000000182. The first-order valence-electron chi connectivity index (χ1n) is 36.1. The summed E-state index contributed by atoms with van der Waals surface area (Å²) >= 11 is 4.82. The van der Waals surface area contributed by atoms with E-state index in [2.05, 4.69) is 64.6 Å². The summed E-state index contributed by atoms with van der Waals surface area (Å²) in [5.74, 6) is -1.93. The van der Waals surface area contributed by atoms with Crippen molar-refractivity contribution >= 4 is 69.5 Å². The monoisotopic (exact) mass is 1500 g/mol. The Morgan fingerprint density at radius 2 is 0.792 bits per heavy atom. The van der Waals surface area contributed by atoms with Crippen LogP contribution in [0.15, 0.2) is 109 Å². The summed E-state index contributed by atoms with van der Waals surface area (Å²) in [6.45, 7) is 32.4. The minimum atomic E-state index is -0.748. The molecule has 3 aromatic carbocycles. The van der Waals surface area contributed by atoms with Crippen molar-refractivity contribution in [2.45, 2.75) is 204 Å². The highest BCUT2D eigenvalue weighted by Gasteiger charge is 2.46. The number of hydrogen-bond donors (Lipinski definition) is 6. The highest BCUT2D eigenvalue weighted by molar-refractivity contribution is 7.14. The number of aryl methyl sites for hydroxylation is 8. The Kier molecular flexibility index (Phi) is 27.8. The summed E-state index contributed by atoms with van der Waals surface area (Å²) in [6, 6.07) is 23.3. The second-order valence-corrected chi connectivity index (χ2v) is 31.0. The van der Waals surface area contributed by atoms with Crippen LogP contribution in [0.1, 0.15) is 172 Å². The van der Waals surface area contributed by atoms with Gasteiger partial charge >= 0.3 is 0 Å². The molecule has 3 saturated heterocycles. The number of aliphatic hydroxyl groups is 3. The van der Waals surface area contributed by atoms with Crippen molar-refractivity contribution in [2.75, 3.05) is 19.6 Å². The van der Waals surface area contributed by atoms with Gasteiger partial charge in [0.15, 0.2) is 0 Å². The van der Waals surface area contributed by atoms with Crippen molar-refractivity contribution in [3.05, 3.63) is 175 Å². The number of β-amino-alcohol motifs (C(OH)–C–C–N with tert-alkyl or cyclic N) is 3. The van der Waals surface area contributed by atoms with Crippen molar-refractivity contribution in [2.24, 2.45) is 17.8 Å². The van der Waals surface area contributed by atoms with Crippen molar-refractivity contribution in [3.8, 4) is 31.3 Å². The van der Waals surface area contributed by atoms with Gasteiger partial charge in [-0.2, -0.15) is 0 Å². The Morgan fingerprint density at radius 1 is 0.443 bits per heavy atom. The molecule has 0 spiro atoms. The van der Waals surface area contributed by atoms with Crippen LogP contribution in [-0.2, 0) is 48.4 Å². The van der Waals surface area contributed by atoms with Crippen molar-refractivity contribution in [1.29, 1.82) is 0 Å². The topological polar surface area (TPSA) is 326 Å². The lowest BCUT2D eigenvalue weighted by molar-refractivity contribution is -0.141. The number of benzene rings is 3. The van der Waals surface area contributed by atoms with Gasteiger partial charge in [-0.05, 0) is 118 Å². The molecule has 3 aliphatic heterocycles. The largest absolute Gasteiger partial charge is 0.391 e. The quantitative estimate of drug-likeness (QED) is 0.0389. The third-order valence-corrected chi connectivity index (χ3v) is 22.1. The van der Waals surface area contributed by atoms with Crippen molar-refractivity contribution < 1.29 is 57.7 Å². The van der Waals surface area contributed by atoms with Crippen LogP contribution in [0.5, 0.6) is 0 Å². The molecule has 3 aliphatic rings. The maximum atomic E-state index is 13.5. The van der Waals surface area contributed by atoms with E-state index in [1.54, 1.807) is 73.0 Å². The van der Waals surface area contributed by atoms with Crippen LogP contribution >= 0.6 is 34.0 Å². The van der Waals surface area contributed by atoms with Crippen LogP contribution < -0.4 is 16.0 Å². The minimum absolute atomic E-state index is 0.0537. The maximum Gasteiger partial charge on any atom is 0.243 e. The van der Waals surface area contributed by atoms with Gasteiger partial charge in [0.05, 0.1) is 83.6 Å². The van der Waals surface area contributed by atoms with Crippen LogP contribution in [0.4, 0.5) is 0 Å². The Morgan fingerprint density at radius 3 is 1.13 bits per heavy atom. The molecule has 566 valence electrons. The number of likely N-dealkylation sites (tertiary alicyclic amines) is 3. The summed E-state index contributed by atoms with van der Waals surface area (Å²) in [4.78, 5) is 101. The number of rotatable bonds is 21. The molecular formula is C79H100N12O12S3. The fourth-order valence-corrected chi connectivity index (χ4v) is 16.3. The van der Waals surface area contributed by atoms with Crippen LogP contribution in [0, 0.1) is 73.1 Å². The molecule has 0 bridgehead atoms. The number of aliphatic hydroxyl groups excluding tert-OH is 3. The molecule has 6 N–H and O–H groups in total. The predicted molar refractivity (Wildman–Crippen MR) is 408 cm³/mol. The van der Waals surface area contributed by atoms with Gasteiger partial charge in [0, 0.05) is 76.7 Å². The SMILES string of the molecule is CC.Cc1cc([C@@H](C(=O)N2C[C@H](O)C[C@H]2C(=O)NCc2ccc(-c3scnc3C)c(C)c2)C(C)C)on1.Cc1cc([C@@H](C(=O)N2C[C@H](O)C[C@H]2C(=O)NCc2ccc(-c3scnc3C)cc2)C(C)C)on1.Cc1cc([C@@H](C(=O)N2C[C@H](O)C[C@H]2C(=O)NCc2ccc(-c3scnc3C)cc2C)C(C)C)on1. The van der Waals surface area contributed by atoms with Gasteiger partial charge in [0.2, 0.25) is 35.4 Å². The molecule has 6 amide bonds. The van der Waals surface area contributed by atoms with Crippen LogP contribution in [0.3, 0.4) is 0 Å². The lowest BCUT2D eigenvalue weighted by Crippen LogP contribution is -2.48. The lowest BCUT2D eigenvalue weighted by Gasteiger charge is -2.28. The molecule has 12 rings (SSSR count). The van der Waals surface area contributed by atoms with E-state index in [0.717, 1.165) is 76.2 Å². The number of nitrogens with zero attached hydrogens (tertiary/aromatic N) is 9. The van der Waals surface area contributed by atoms with Crippen LogP contribution in [-0.4, -0.2) is 152 Å². The van der Waals surface area contributed by atoms with Gasteiger partial charge in [-0.1, -0.05) is 132 Å². The number of hydrogen-bond acceptors (Lipinski definition) is 21. The van der Waals surface area contributed by atoms with E-state index in [0.29, 0.717) is 54.0 Å². The van der Waals surface area contributed by atoms with Crippen LogP contribution in [0.25, 0.3) is 31.3 Å². The second-order valence-electron chi connectivity index (χ2n) is 28.4. The number of carbonyl (C=O) groups is 6. The predicted octanol–water partition coefficient (Wildman–Crippen LogP) is 11.9. The summed E-state index contributed by atoms with van der Waals surface area (Å²) in [5.41, 5.74) is 19.0. The van der Waals surface area contributed by atoms with Gasteiger partial charge in [-0.3, -0.25) is 28.8 Å². The van der Waals surface area contributed by atoms with Crippen molar-refractivity contribution in [1.82, 2.24) is 61.1 Å². The molecule has 3 fully saturated rings. The smallest absolute Gasteiger partial charge is 0.243 e. The molecule has 9 heterocycles. The van der Waals surface area contributed by atoms with Gasteiger partial charge in [0.1, 0.15) is 53.2 Å². The minimum Gasteiger partial charge on any atom is -0.391 e. The highest BCUT2D eigenvalue weighted by atomic mass is 32.1. The van der Waals surface area contributed by atoms with Gasteiger partial charge in [-0.25, -0.2) is 15.0 Å². The second kappa shape index (κ2) is 36.5. The molecule has 0 unspecified atom stereocenters. The van der Waals surface area contributed by atoms with Gasteiger partial charge in [0.25, 0.3) is 0 Å². The number of amides is 6. The van der Waals surface area contributed by atoms with E-state index < -0.39 is 54.2 Å². The van der Waals surface area contributed by atoms with E-state index in [4.69, 9.17) is 13.6 Å². The molecule has 24 nitrogen and oxygen atoms in total. The fourth-order valence-electron chi connectivity index (χ4n) is 13.8. The molecule has 0 radical (unpaired) electrons. The Bertz CT molecular complexity index is 4470. The molecule has 106 heavy (non-hydrogen) atoms. The van der Waals surface area contributed by atoms with Gasteiger partial charge < -0.3 is 59.5 Å².